The molecule has 1 aliphatic rings. The second-order valence-corrected chi connectivity index (χ2v) is 5.89. The zero-order chi connectivity index (χ0) is 13.4. The first-order valence-electron chi connectivity index (χ1n) is 7.78. The van der Waals surface area contributed by atoms with Crippen molar-refractivity contribution in [2.75, 3.05) is 46.3 Å². The molecule has 0 saturated carbocycles. The molecular formula is C15H33N3. The van der Waals surface area contributed by atoms with E-state index in [-0.39, 0.29) is 0 Å². The van der Waals surface area contributed by atoms with Gasteiger partial charge >= 0.3 is 0 Å². The summed E-state index contributed by atoms with van der Waals surface area (Å²) in [5, 5.41) is 3.23. The lowest BCUT2D eigenvalue weighted by molar-refractivity contribution is 0.0333. The minimum atomic E-state index is 0.436. The van der Waals surface area contributed by atoms with Crippen LogP contribution >= 0.6 is 0 Å². The van der Waals surface area contributed by atoms with E-state index in [4.69, 9.17) is 0 Å². The van der Waals surface area contributed by atoms with Crippen molar-refractivity contribution < 1.29 is 0 Å². The minimum Gasteiger partial charge on any atom is -0.320 e. The van der Waals surface area contributed by atoms with Crippen LogP contribution in [-0.4, -0.2) is 61.7 Å². The number of nitrogens with one attached hydrogen (secondary N) is 1. The van der Waals surface area contributed by atoms with Crippen molar-refractivity contribution in [3.05, 3.63) is 0 Å². The van der Waals surface area contributed by atoms with Crippen molar-refractivity contribution in [2.24, 2.45) is 0 Å². The first kappa shape index (κ1) is 15.9. The normalized spacial score (nSPS) is 22.0. The predicted molar refractivity (Wildman–Crippen MR) is 80.2 cm³/mol. The van der Waals surface area contributed by atoms with Gasteiger partial charge in [0.15, 0.2) is 0 Å². The van der Waals surface area contributed by atoms with Crippen LogP contribution < -0.4 is 5.32 Å². The second-order valence-electron chi connectivity index (χ2n) is 5.89. The number of hydrogen-bond acceptors (Lipinski definition) is 3. The van der Waals surface area contributed by atoms with Crippen LogP contribution in [0.4, 0.5) is 0 Å². The maximum atomic E-state index is 3.23. The van der Waals surface area contributed by atoms with Crippen molar-refractivity contribution in [3.63, 3.8) is 0 Å². The highest BCUT2D eigenvalue weighted by atomic mass is 15.3. The van der Waals surface area contributed by atoms with Gasteiger partial charge in [-0.1, -0.05) is 20.3 Å². The van der Waals surface area contributed by atoms with E-state index >= 15 is 0 Å². The Kier molecular flexibility index (Phi) is 7.20. The van der Waals surface area contributed by atoms with Gasteiger partial charge in [-0.05, 0) is 46.3 Å². The molecule has 0 spiro atoms. The topological polar surface area (TPSA) is 18.5 Å². The fraction of sp³-hybridized carbons (Fsp3) is 1.00. The lowest BCUT2D eigenvalue weighted by Crippen LogP contribution is -2.55. The Labute approximate surface area is 114 Å². The summed E-state index contributed by atoms with van der Waals surface area (Å²) in [5.74, 6) is 0. The van der Waals surface area contributed by atoms with Crippen LogP contribution in [-0.2, 0) is 0 Å². The molecule has 1 N–H and O–H groups in total. The molecule has 0 radical (unpaired) electrons. The van der Waals surface area contributed by atoms with Crippen molar-refractivity contribution in [2.45, 2.75) is 52.0 Å². The van der Waals surface area contributed by atoms with Gasteiger partial charge in [0.1, 0.15) is 0 Å². The van der Waals surface area contributed by atoms with Gasteiger partial charge in [-0.25, -0.2) is 0 Å². The summed E-state index contributed by atoms with van der Waals surface area (Å²) >= 11 is 0. The lowest BCUT2D eigenvalue weighted by Gasteiger charge is -2.46. The Morgan fingerprint density at radius 2 is 1.78 bits per heavy atom. The predicted octanol–water partition coefficient (Wildman–Crippen LogP) is 2.18. The van der Waals surface area contributed by atoms with E-state index in [1.807, 2.05) is 7.05 Å². The quantitative estimate of drug-likeness (QED) is 0.671. The number of nitrogens with zero attached hydrogens (tertiary/aromatic N) is 2. The minimum absolute atomic E-state index is 0.436. The van der Waals surface area contributed by atoms with E-state index in [0.29, 0.717) is 5.54 Å². The van der Waals surface area contributed by atoms with Crippen molar-refractivity contribution in [1.29, 1.82) is 0 Å². The van der Waals surface area contributed by atoms with Crippen LogP contribution in [0, 0.1) is 0 Å². The first-order chi connectivity index (χ1) is 8.66. The molecule has 1 aliphatic heterocycles. The average Bonchev–Trinajstić information content (AvgIpc) is 2.40. The summed E-state index contributed by atoms with van der Waals surface area (Å²) in [7, 11) is 2.04. The smallest absolute Gasteiger partial charge is 0.0179 e. The molecule has 3 nitrogen and oxygen atoms in total. The molecule has 0 amide bonds. The Morgan fingerprint density at radius 3 is 2.28 bits per heavy atom. The van der Waals surface area contributed by atoms with Gasteiger partial charge in [-0.15, -0.1) is 0 Å². The number of piperazine rings is 1. The Hall–Kier alpha value is -0.120. The highest BCUT2D eigenvalue weighted by molar-refractivity contribution is 4.88. The molecule has 3 heteroatoms. The summed E-state index contributed by atoms with van der Waals surface area (Å²) in [5.41, 5.74) is 0.436. The molecule has 0 aromatic carbocycles. The molecule has 1 saturated heterocycles. The van der Waals surface area contributed by atoms with E-state index in [1.165, 1.54) is 58.4 Å². The maximum Gasteiger partial charge on any atom is 0.0179 e. The van der Waals surface area contributed by atoms with Gasteiger partial charge in [0.25, 0.3) is 0 Å². The third-order valence-corrected chi connectivity index (χ3v) is 4.59. The fourth-order valence-corrected chi connectivity index (χ4v) is 3.09. The van der Waals surface area contributed by atoms with Crippen LogP contribution in [0.15, 0.2) is 0 Å². The largest absolute Gasteiger partial charge is 0.320 e. The summed E-state index contributed by atoms with van der Waals surface area (Å²) < 4.78 is 0. The zero-order valence-corrected chi connectivity index (χ0v) is 13.0. The molecule has 0 bridgehead atoms. The monoisotopic (exact) mass is 255 g/mol. The fourth-order valence-electron chi connectivity index (χ4n) is 3.09. The van der Waals surface area contributed by atoms with E-state index < -0.39 is 0 Å². The summed E-state index contributed by atoms with van der Waals surface area (Å²) in [6, 6.07) is 0. The first-order valence-corrected chi connectivity index (χ1v) is 7.78. The molecule has 1 fully saturated rings. The second kappa shape index (κ2) is 8.13. The van der Waals surface area contributed by atoms with E-state index in [2.05, 4.69) is 35.9 Å². The number of rotatable bonds is 8. The van der Waals surface area contributed by atoms with Gasteiger partial charge in [0.2, 0.25) is 0 Å². The molecule has 0 aromatic heterocycles. The molecule has 1 heterocycles. The summed E-state index contributed by atoms with van der Waals surface area (Å²) in [6.07, 6.45) is 5.19. The van der Waals surface area contributed by atoms with E-state index in [1.54, 1.807) is 0 Å². The number of hydrogen-bond donors (Lipinski definition) is 1. The van der Waals surface area contributed by atoms with E-state index in [0.717, 1.165) is 6.54 Å². The van der Waals surface area contributed by atoms with Gasteiger partial charge in [0.05, 0.1) is 0 Å². The summed E-state index contributed by atoms with van der Waals surface area (Å²) in [6.45, 7) is 14.5. The highest BCUT2D eigenvalue weighted by Gasteiger charge is 2.31. The van der Waals surface area contributed by atoms with Crippen LogP contribution in [0.25, 0.3) is 0 Å². The van der Waals surface area contributed by atoms with Crippen LogP contribution in [0.3, 0.4) is 0 Å². The van der Waals surface area contributed by atoms with Gasteiger partial charge in [0, 0.05) is 31.7 Å². The Balaban J connectivity index is 2.33. The third kappa shape index (κ3) is 4.52. The average molecular weight is 255 g/mol. The van der Waals surface area contributed by atoms with Gasteiger partial charge in [-0.2, -0.15) is 0 Å². The van der Waals surface area contributed by atoms with Crippen LogP contribution in [0.2, 0.25) is 0 Å². The molecule has 1 unspecified atom stereocenters. The summed E-state index contributed by atoms with van der Waals surface area (Å²) in [4.78, 5) is 5.35. The zero-order valence-electron chi connectivity index (χ0n) is 13.0. The lowest BCUT2D eigenvalue weighted by atomic mass is 9.90. The van der Waals surface area contributed by atoms with Crippen LogP contribution in [0.1, 0.15) is 46.5 Å². The maximum absolute atomic E-state index is 3.23. The molecule has 1 atom stereocenters. The SMILES string of the molecule is CCCC(C)(CC)N1CCN(CCCNC)CC1. The molecule has 1 rings (SSSR count). The molecular weight excluding hydrogens is 222 g/mol. The molecule has 0 aromatic rings. The Bertz CT molecular complexity index is 212. The van der Waals surface area contributed by atoms with Crippen molar-refractivity contribution in [1.82, 2.24) is 15.1 Å². The van der Waals surface area contributed by atoms with Gasteiger partial charge in [-0.3, -0.25) is 4.90 Å². The molecule has 0 aliphatic carbocycles. The Morgan fingerprint density at radius 1 is 1.11 bits per heavy atom. The van der Waals surface area contributed by atoms with Gasteiger partial charge < -0.3 is 10.2 Å². The standard InChI is InChI=1S/C15H33N3/c1-5-8-15(3,6-2)18-13-11-17(12-14-18)10-7-9-16-4/h16H,5-14H2,1-4H3. The highest BCUT2D eigenvalue weighted by Crippen LogP contribution is 2.26. The van der Waals surface area contributed by atoms with Crippen molar-refractivity contribution >= 4 is 0 Å². The third-order valence-electron chi connectivity index (χ3n) is 4.59. The van der Waals surface area contributed by atoms with Crippen molar-refractivity contribution in [3.8, 4) is 0 Å². The van der Waals surface area contributed by atoms with E-state index in [9.17, 15) is 0 Å². The molecule has 18 heavy (non-hydrogen) atoms. The van der Waals surface area contributed by atoms with Crippen LogP contribution in [0.5, 0.6) is 0 Å². The molecule has 108 valence electrons.